The van der Waals surface area contributed by atoms with Gasteiger partial charge < -0.3 is 10.6 Å². The predicted octanol–water partition coefficient (Wildman–Crippen LogP) is 1.95. The van der Waals surface area contributed by atoms with Crippen molar-refractivity contribution >= 4 is 11.7 Å². The SMILES string of the molecule is CCc1nnc(N2CCCC(CCC(N)=O)C2)c(C#N)c1CC. The highest BCUT2D eigenvalue weighted by Crippen LogP contribution is 2.28. The average molecular weight is 315 g/mol. The number of amides is 1. The number of nitrogens with zero attached hydrogens (tertiary/aromatic N) is 4. The molecule has 1 aromatic heterocycles. The fourth-order valence-corrected chi connectivity index (χ4v) is 3.34. The zero-order valence-corrected chi connectivity index (χ0v) is 14.0. The zero-order chi connectivity index (χ0) is 16.8. The zero-order valence-electron chi connectivity index (χ0n) is 14.0. The van der Waals surface area contributed by atoms with Gasteiger partial charge in [0.15, 0.2) is 5.82 Å². The molecule has 23 heavy (non-hydrogen) atoms. The number of anilines is 1. The number of rotatable bonds is 6. The molecule has 2 heterocycles. The summed E-state index contributed by atoms with van der Waals surface area (Å²) in [6, 6.07) is 2.33. The van der Waals surface area contributed by atoms with E-state index < -0.39 is 0 Å². The van der Waals surface area contributed by atoms with Gasteiger partial charge in [0.25, 0.3) is 0 Å². The lowest BCUT2D eigenvalue weighted by Crippen LogP contribution is -2.37. The summed E-state index contributed by atoms with van der Waals surface area (Å²) >= 11 is 0. The quantitative estimate of drug-likeness (QED) is 0.865. The highest BCUT2D eigenvalue weighted by atomic mass is 16.1. The van der Waals surface area contributed by atoms with Gasteiger partial charge in [-0.2, -0.15) is 10.4 Å². The Kier molecular flexibility index (Phi) is 5.91. The lowest BCUT2D eigenvalue weighted by atomic mass is 9.92. The number of carbonyl (C=O) groups is 1. The lowest BCUT2D eigenvalue weighted by Gasteiger charge is -2.34. The summed E-state index contributed by atoms with van der Waals surface area (Å²) < 4.78 is 0. The number of hydrogen-bond acceptors (Lipinski definition) is 5. The molecule has 1 atom stereocenters. The van der Waals surface area contributed by atoms with Crippen LogP contribution in [0.3, 0.4) is 0 Å². The van der Waals surface area contributed by atoms with E-state index in [4.69, 9.17) is 5.73 Å². The first-order chi connectivity index (χ1) is 11.1. The molecule has 1 aliphatic heterocycles. The second-order valence-corrected chi connectivity index (χ2v) is 6.10. The van der Waals surface area contributed by atoms with Crippen molar-refractivity contribution < 1.29 is 4.79 Å². The van der Waals surface area contributed by atoms with Crippen LogP contribution in [0.15, 0.2) is 0 Å². The Bertz CT molecular complexity index is 608. The second kappa shape index (κ2) is 7.91. The van der Waals surface area contributed by atoms with Crippen molar-refractivity contribution in [3.63, 3.8) is 0 Å². The minimum Gasteiger partial charge on any atom is -0.370 e. The van der Waals surface area contributed by atoms with Crippen molar-refractivity contribution in [3.05, 3.63) is 16.8 Å². The molecule has 6 nitrogen and oxygen atoms in total. The number of aryl methyl sites for hydroxylation is 1. The highest BCUT2D eigenvalue weighted by molar-refractivity contribution is 5.73. The van der Waals surface area contributed by atoms with Crippen LogP contribution in [0.4, 0.5) is 5.82 Å². The first-order valence-electron chi connectivity index (χ1n) is 8.42. The van der Waals surface area contributed by atoms with Crippen LogP contribution in [0.5, 0.6) is 0 Å². The summed E-state index contributed by atoms with van der Waals surface area (Å²) in [5.41, 5.74) is 7.84. The molecular weight excluding hydrogens is 290 g/mol. The van der Waals surface area contributed by atoms with E-state index in [1.54, 1.807) is 0 Å². The van der Waals surface area contributed by atoms with Gasteiger partial charge in [-0.05, 0) is 43.6 Å². The van der Waals surface area contributed by atoms with E-state index in [-0.39, 0.29) is 5.91 Å². The van der Waals surface area contributed by atoms with Crippen LogP contribution in [0, 0.1) is 17.2 Å². The predicted molar refractivity (Wildman–Crippen MR) is 88.9 cm³/mol. The van der Waals surface area contributed by atoms with Gasteiger partial charge in [0.1, 0.15) is 11.6 Å². The number of piperidine rings is 1. The molecule has 2 rings (SSSR count). The molecule has 124 valence electrons. The van der Waals surface area contributed by atoms with Crippen molar-refractivity contribution in [3.8, 4) is 6.07 Å². The first-order valence-corrected chi connectivity index (χ1v) is 8.42. The summed E-state index contributed by atoms with van der Waals surface area (Å²) in [6.45, 7) is 5.77. The van der Waals surface area contributed by atoms with Gasteiger partial charge >= 0.3 is 0 Å². The Hall–Kier alpha value is -2.16. The van der Waals surface area contributed by atoms with E-state index in [1.807, 2.05) is 13.8 Å². The molecule has 0 aromatic carbocycles. The molecule has 1 fully saturated rings. The summed E-state index contributed by atoms with van der Waals surface area (Å²) in [7, 11) is 0. The fourth-order valence-electron chi connectivity index (χ4n) is 3.34. The Balaban J connectivity index is 2.23. The molecule has 1 unspecified atom stereocenters. The number of aromatic nitrogens is 2. The summed E-state index contributed by atoms with van der Waals surface area (Å²) in [4.78, 5) is 13.1. The third-order valence-electron chi connectivity index (χ3n) is 4.56. The van der Waals surface area contributed by atoms with Gasteiger partial charge in [0.05, 0.1) is 5.69 Å². The molecule has 0 aliphatic carbocycles. The third kappa shape index (κ3) is 3.98. The fraction of sp³-hybridized carbons (Fsp3) is 0.647. The van der Waals surface area contributed by atoms with E-state index in [0.29, 0.717) is 23.7 Å². The Morgan fingerprint density at radius 3 is 2.78 bits per heavy atom. The summed E-state index contributed by atoms with van der Waals surface area (Å²) in [5, 5.41) is 18.3. The van der Waals surface area contributed by atoms with Crippen LogP contribution in [0.25, 0.3) is 0 Å². The topological polar surface area (TPSA) is 95.9 Å². The monoisotopic (exact) mass is 315 g/mol. The van der Waals surface area contributed by atoms with E-state index in [2.05, 4.69) is 21.2 Å². The first kappa shape index (κ1) is 17.2. The number of nitriles is 1. The van der Waals surface area contributed by atoms with Crippen LogP contribution in [-0.4, -0.2) is 29.2 Å². The third-order valence-corrected chi connectivity index (χ3v) is 4.56. The van der Waals surface area contributed by atoms with Gasteiger partial charge in [-0.25, -0.2) is 0 Å². The number of hydrogen-bond donors (Lipinski definition) is 1. The molecule has 0 radical (unpaired) electrons. The molecule has 1 aliphatic rings. The van der Waals surface area contributed by atoms with E-state index in [1.165, 1.54) is 0 Å². The maximum absolute atomic E-state index is 11.0. The van der Waals surface area contributed by atoms with Crippen LogP contribution in [0.2, 0.25) is 0 Å². The molecule has 6 heteroatoms. The van der Waals surface area contributed by atoms with Crippen LogP contribution in [0.1, 0.15) is 56.4 Å². The standard InChI is InChI=1S/C17H25N5O/c1-3-13-14(10-18)17(21-20-15(13)4-2)22-9-5-6-12(11-22)7-8-16(19)23/h12H,3-9,11H2,1-2H3,(H2,19,23). The van der Waals surface area contributed by atoms with Gasteiger partial charge in [-0.1, -0.05) is 13.8 Å². The van der Waals surface area contributed by atoms with Crippen molar-refractivity contribution in [1.82, 2.24) is 10.2 Å². The Morgan fingerprint density at radius 2 is 2.17 bits per heavy atom. The molecule has 1 saturated heterocycles. The van der Waals surface area contributed by atoms with E-state index >= 15 is 0 Å². The van der Waals surface area contributed by atoms with Gasteiger partial charge in [0.2, 0.25) is 5.91 Å². The van der Waals surface area contributed by atoms with Gasteiger partial charge in [-0.3, -0.25) is 4.79 Å². The largest absolute Gasteiger partial charge is 0.370 e. The number of carbonyl (C=O) groups excluding carboxylic acids is 1. The van der Waals surface area contributed by atoms with Crippen molar-refractivity contribution in [2.75, 3.05) is 18.0 Å². The van der Waals surface area contributed by atoms with Crippen LogP contribution < -0.4 is 10.6 Å². The maximum Gasteiger partial charge on any atom is 0.217 e. The van der Waals surface area contributed by atoms with Crippen LogP contribution >= 0.6 is 0 Å². The number of primary amides is 1. The second-order valence-electron chi connectivity index (χ2n) is 6.10. The Labute approximate surface area is 137 Å². The van der Waals surface area contributed by atoms with E-state index in [0.717, 1.165) is 56.5 Å². The van der Waals surface area contributed by atoms with Gasteiger partial charge in [-0.15, -0.1) is 5.10 Å². The molecular formula is C17H25N5O. The smallest absolute Gasteiger partial charge is 0.217 e. The molecule has 1 aromatic rings. The molecule has 1 amide bonds. The lowest BCUT2D eigenvalue weighted by molar-refractivity contribution is -0.118. The van der Waals surface area contributed by atoms with Crippen molar-refractivity contribution in [1.29, 1.82) is 5.26 Å². The minimum atomic E-state index is -0.250. The summed E-state index contributed by atoms with van der Waals surface area (Å²) in [5.74, 6) is 0.867. The highest BCUT2D eigenvalue weighted by Gasteiger charge is 2.25. The molecule has 0 saturated carbocycles. The molecule has 0 spiro atoms. The Morgan fingerprint density at radius 1 is 1.39 bits per heavy atom. The van der Waals surface area contributed by atoms with Crippen molar-refractivity contribution in [2.45, 2.75) is 52.4 Å². The van der Waals surface area contributed by atoms with Crippen molar-refractivity contribution in [2.24, 2.45) is 11.7 Å². The average Bonchev–Trinajstić information content (AvgIpc) is 2.58. The molecule has 0 bridgehead atoms. The van der Waals surface area contributed by atoms with E-state index in [9.17, 15) is 10.1 Å². The van der Waals surface area contributed by atoms with Gasteiger partial charge in [0, 0.05) is 19.5 Å². The minimum absolute atomic E-state index is 0.250. The summed E-state index contributed by atoms with van der Waals surface area (Å²) in [6.07, 6.45) is 4.92. The number of nitrogens with two attached hydrogens (primary N) is 1. The van der Waals surface area contributed by atoms with Crippen LogP contribution in [-0.2, 0) is 17.6 Å². The maximum atomic E-state index is 11.0. The molecule has 2 N–H and O–H groups in total. The normalized spacial score (nSPS) is 17.8.